The smallest absolute Gasteiger partial charge is 0.342 e. The van der Waals surface area contributed by atoms with Gasteiger partial charge in [0.1, 0.15) is 0 Å². The van der Waals surface area contributed by atoms with E-state index in [4.69, 9.17) is 5.11 Å². The van der Waals surface area contributed by atoms with Crippen molar-refractivity contribution in [1.29, 1.82) is 0 Å². The number of carboxylic acids is 1. The summed E-state index contributed by atoms with van der Waals surface area (Å²) in [6, 6.07) is 3.53. The highest BCUT2D eigenvalue weighted by molar-refractivity contribution is 8.03. The van der Waals surface area contributed by atoms with Crippen LogP contribution in [0.3, 0.4) is 0 Å². The molecule has 0 amide bonds. The Bertz CT molecular complexity index is 322. The summed E-state index contributed by atoms with van der Waals surface area (Å²) in [6.07, 6.45) is 6.62. The summed E-state index contributed by atoms with van der Waals surface area (Å²) in [5.41, 5.74) is 0.849. The number of carbonyl (C=O) groups is 1. The van der Waals surface area contributed by atoms with Crippen LogP contribution in [-0.2, 0) is 4.79 Å². The van der Waals surface area contributed by atoms with E-state index in [0.717, 1.165) is 5.56 Å². The number of pyridine rings is 1. The predicted molar refractivity (Wildman–Crippen MR) is 53.4 cm³/mol. The maximum atomic E-state index is 10.6. The van der Waals surface area contributed by atoms with Crippen molar-refractivity contribution < 1.29 is 9.90 Å². The standard InChI is InChI=1S/C9H9NO2S/c1-13-8(9(11)12)6-7-2-4-10-5-3-7/h2-6H,1H3,(H,11,12)/b8-6-. The molecule has 1 aromatic heterocycles. The van der Waals surface area contributed by atoms with Crippen molar-refractivity contribution in [2.45, 2.75) is 0 Å². The molecule has 0 spiro atoms. The minimum Gasteiger partial charge on any atom is -0.477 e. The molecule has 3 nitrogen and oxygen atoms in total. The summed E-state index contributed by atoms with van der Waals surface area (Å²) in [7, 11) is 0. The van der Waals surface area contributed by atoms with E-state index >= 15 is 0 Å². The average Bonchev–Trinajstić information content (AvgIpc) is 2.15. The fraction of sp³-hybridized carbons (Fsp3) is 0.111. The van der Waals surface area contributed by atoms with Crippen LogP contribution in [0.4, 0.5) is 0 Å². The minimum absolute atomic E-state index is 0.325. The molecule has 0 saturated carbocycles. The number of hydrogen-bond acceptors (Lipinski definition) is 3. The molecule has 0 unspecified atom stereocenters. The van der Waals surface area contributed by atoms with Crippen molar-refractivity contribution in [2.75, 3.05) is 6.26 Å². The van der Waals surface area contributed by atoms with Crippen LogP contribution in [0.5, 0.6) is 0 Å². The molecule has 0 atom stereocenters. The average molecular weight is 195 g/mol. The van der Waals surface area contributed by atoms with Gasteiger partial charge in [0, 0.05) is 12.4 Å². The third-order valence-electron chi connectivity index (χ3n) is 1.43. The molecule has 1 N–H and O–H groups in total. The Morgan fingerprint density at radius 2 is 2.15 bits per heavy atom. The first-order valence-electron chi connectivity index (χ1n) is 3.63. The van der Waals surface area contributed by atoms with Gasteiger partial charge in [0.15, 0.2) is 0 Å². The van der Waals surface area contributed by atoms with Crippen molar-refractivity contribution in [3.8, 4) is 0 Å². The third kappa shape index (κ3) is 2.91. The Hall–Kier alpha value is -1.29. The first kappa shape index (κ1) is 9.80. The minimum atomic E-state index is -0.899. The molecule has 0 saturated heterocycles. The Labute approximate surface area is 80.5 Å². The van der Waals surface area contributed by atoms with Crippen molar-refractivity contribution in [3.63, 3.8) is 0 Å². The first-order valence-corrected chi connectivity index (χ1v) is 4.85. The molecule has 13 heavy (non-hydrogen) atoms. The van der Waals surface area contributed by atoms with Crippen molar-refractivity contribution >= 4 is 23.8 Å². The number of thioether (sulfide) groups is 1. The van der Waals surface area contributed by atoms with Gasteiger partial charge in [-0.05, 0) is 30.0 Å². The zero-order valence-corrected chi connectivity index (χ0v) is 7.91. The second-order valence-electron chi connectivity index (χ2n) is 2.30. The Kier molecular flexibility index (Phi) is 3.52. The van der Waals surface area contributed by atoms with Gasteiger partial charge in [-0.25, -0.2) is 4.79 Å². The molecule has 1 heterocycles. The summed E-state index contributed by atoms with van der Waals surface area (Å²) < 4.78 is 0. The summed E-state index contributed by atoms with van der Waals surface area (Å²) >= 11 is 1.21. The second-order valence-corrected chi connectivity index (χ2v) is 3.15. The number of hydrogen-bond donors (Lipinski definition) is 1. The van der Waals surface area contributed by atoms with Crippen molar-refractivity contribution in [3.05, 3.63) is 35.0 Å². The maximum Gasteiger partial charge on any atom is 0.342 e. The van der Waals surface area contributed by atoms with Gasteiger partial charge in [-0.2, -0.15) is 0 Å². The highest BCUT2D eigenvalue weighted by atomic mass is 32.2. The summed E-state index contributed by atoms with van der Waals surface area (Å²) in [5, 5.41) is 8.73. The number of rotatable bonds is 3. The predicted octanol–water partition coefficient (Wildman–Crippen LogP) is 1.87. The number of carboxylic acid groups (broad SMARTS) is 1. The van der Waals surface area contributed by atoms with Crippen LogP contribution >= 0.6 is 11.8 Å². The van der Waals surface area contributed by atoms with Crippen LogP contribution in [0.25, 0.3) is 6.08 Å². The van der Waals surface area contributed by atoms with E-state index in [2.05, 4.69) is 4.98 Å². The zero-order valence-electron chi connectivity index (χ0n) is 7.10. The fourth-order valence-corrected chi connectivity index (χ4v) is 1.25. The highest BCUT2D eigenvalue weighted by Gasteiger charge is 2.04. The van der Waals surface area contributed by atoms with Gasteiger partial charge in [-0.1, -0.05) is 0 Å². The topological polar surface area (TPSA) is 50.2 Å². The van der Waals surface area contributed by atoms with Crippen molar-refractivity contribution in [1.82, 2.24) is 4.98 Å². The van der Waals surface area contributed by atoms with E-state index in [1.54, 1.807) is 36.9 Å². The zero-order chi connectivity index (χ0) is 9.68. The van der Waals surface area contributed by atoms with Crippen LogP contribution in [0.15, 0.2) is 29.4 Å². The van der Waals surface area contributed by atoms with Crippen molar-refractivity contribution in [2.24, 2.45) is 0 Å². The second kappa shape index (κ2) is 4.67. The van der Waals surface area contributed by atoms with Crippen LogP contribution < -0.4 is 0 Å². The number of aromatic nitrogens is 1. The molecule has 0 fully saturated rings. The monoisotopic (exact) mass is 195 g/mol. The molecule has 68 valence electrons. The van der Waals surface area contributed by atoms with Gasteiger partial charge in [0.25, 0.3) is 0 Å². The molecular formula is C9H9NO2S. The molecule has 0 aliphatic rings. The highest BCUT2D eigenvalue weighted by Crippen LogP contribution is 2.15. The van der Waals surface area contributed by atoms with E-state index in [1.165, 1.54) is 11.8 Å². The van der Waals surface area contributed by atoms with Gasteiger partial charge in [-0.3, -0.25) is 4.98 Å². The van der Waals surface area contributed by atoms with Gasteiger partial charge in [0.05, 0.1) is 4.91 Å². The first-order chi connectivity index (χ1) is 6.24. The lowest BCUT2D eigenvalue weighted by molar-refractivity contribution is -0.131. The van der Waals surface area contributed by atoms with E-state index < -0.39 is 5.97 Å². The van der Waals surface area contributed by atoms with E-state index in [-0.39, 0.29) is 0 Å². The van der Waals surface area contributed by atoms with Crippen LogP contribution in [0, 0.1) is 0 Å². The molecule has 0 bridgehead atoms. The fourth-order valence-electron chi connectivity index (χ4n) is 0.819. The van der Waals surface area contributed by atoms with E-state index in [0.29, 0.717) is 4.91 Å². The lowest BCUT2D eigenvalue weighted by Crippen LogP contribution is -1.95. The Balaban J connectivity index is 2.92. The molecular weight excluding hydrogens is 186 g/mol. The van der Waals surface area contributed by atoms with Gasteiger partial charge in [0.2, 0.25) is 0 Å². The quantitative estimate of drug-likeness (QED) is 0.748. The van der Waals surface area contributed by atoms with Crippen LogP contribution in [0.1, 0.15) is 5.56 Å². The molecule has 1 rings (SSSR count). The maximum absolute atomic E-state index is 10.6. The molecule has 0 radical (unpaired) electrons. The SMILES string of the molecule is CS/C(=C\c1ccncc1)C(=O)O. The number of nitrogens with zero attached hydrogens (tertiary/aromatic N) is 1. The van der Waals surface area contributed by atoms with Gasteiger partial charge < -0.3 is 5.11 Å². The van der Waals surface area contributed by atoms with Crippen LogP contribution in [0.2, 0.25) is 0 Å². The number of aliphatic carboxylic acids is 1. The summed E-state index contributed by atoms with van der Waals surface area (Å²) in [4.78, 5) is 14.8. The van der Waals surface area contributed by atoms with Gasteiger partial charge in [-0.15, -0.1) is 11.8 Å². The third-order valence-corrected chi connectivity index (χ3v) is 2.17. The molecule has 4 heteroatoms. The largest absolute Gasteiger partial charge is 0.477 e. The Morgan fingerprint density at radius 1 is 1.54 bits per heavy atom. The lowest BCUT2D eigenvalue weighted by Gasteiger charge is -1.96. The molecule has 1 aromatic rings. The van der Waals surface area contributed by atoms with Crippen LogP contribution in [-0.4, -0.2) is 22.3 Å². The normalized spacial score (nSPS) is 11.3. The summed E-state index contributed by atoms with van der Waals surface area (Å²) in [5.74, 6) is -0.899. The van der Waals surface area contributed by atoms with Gasteiger partial charge >= 0.3 is 5.97 Å². The molecule has 0 aliphatic carbocycles. The Morgan fingerprint density at radius 3 is 2.62 bits per heavy atom. The molecule has 0 aromatic carbocycles. The van der Waals surface area contributed by atoms with E-state index in [9.17, 15) is 4.79 Å². The lowest BCUT2D eigenvalue weighted by atomic mass is 10.2. The molecule has 0 aliphatic heterocycles. The van der Waals surface area contributed by atoms with E-state index in [1.807, 2.05) is 0 Å². The summed E-state index contributed by atoms with van der Waals surface area (Å²) in [6.45, 7) is 0.